The van der Waals surface area contributed by atoms with E-state index in [4.69, 9.17) is 0 Å². The molecule has 3 nitrogen and oxygen atoms in total. The molecule has 20 heavy (non-hydrogen) atoms. The number of aryl methyl sites for hydroxylation is 1. The van der Waals surface area contributed by atoms with E-state index in [0.717, 1.165) is 5.56 Å². The van der Waals surface area contributed by atoms with E-state index in [1.807, 2.05) is 20.8 Å². The Morgan fingerprint density at radius 2 is 1.85 bits per heavy atom. The minimum atomic E-state index is -3.61. The van der Waals surface area contributed by atoms with Crippen LogP contribution in [0.4, 0.5) is 4.39 Å². The summed E-state index contributed by atoms with van der Waals surface area (Å²) in [5, 5.41) is 0. The minimum Gasteiger partial charge on any atom is -0.246 e. The lowest BCUT2D eigenvalue weighted by Gasteiger charge is -2.28. The van der Waals surface area contributed by atoms with Crippen LogP contribution in [0, 0.1) is 12.3 Å². The summed E-state index contributed by atoms with van der Waals surface area (Å²) in [6.07, 6.45) is 0.0399. The largest absolute Gasteiger partial charge is 0.246 e. The Balaban J connectivity index is 2.34. The molecule has 1 aromatic carbocycles. The molecule has 1 saturated heterocycles. The highest BCUT2D eigenvalue weighted by Crippen LogP contribution is 2.32. The van der Waals surface area contributed by atoms with Gasteiger partial charge < -0.3 is 0 Å². The Labute approximate surface area is 120 Å². The average Bonchev–Trinajstić information content (AvgIpc) is 2.49. The highest BCUT2D eigenvalue weighted by Gasteiger charge is 2.35. The zero-order valence-corrected chi connectivity index (χ0v) is 13.1. The van der Waals surface area contributed by atoms with Crippen molar-refractivity contribution in [2.75, 3.05) is 13.1 Å². The Bertz CT molecular complexity index is 566. The van der Waals surface area contributed by atoms with E-state index in [1.54, 1.807) is 24.3 Å². The molecule has 0 saturated carbocycles. The van der Waals surface area contributed by atoms with Crippen LogP contribution in [0.25, 0.3) is 0 Å². The number of benzene rings is 1. The number of alkyl halides is 1. The van der Waals surface area contributed by atoms with Gasteiger partial charge in [0.05, 0.1) is 4.90 Å². The highest BCUT2D eigenvalue weighted by molar-refractivity contribution is 7.89. The van der Waals surface area contributed by atoms with Crippen molar-refractivity contribution in [3.8, 4) is 0 Å². The standard InChI is InChI=1S/C15H22FNO2S/c1-12-4-6-14(7-5-12)20(18,19)17-10-13(16)8-9-15(2,3)11-17/h4-7,13H,8-11H2,1-3H3. The fourth-order valence-corrected chi connectivity index (χ4v) is 4.18. The molecule has 1 heterocycles. The summed E-state index contributed by atoms with van der Waals surface area (Å²) in [5.41, 5.74) is 0.807. The van der Waals surface area contributed by atoms with Gasteiger partial charge in [0.2, 0.25) is 10.0 Å². The second kappa shape index (κ2) is 5.45. The molecule has 0 aliphatic carbocycles. The number of hydrogen-bond acceptors (Lipinski definition) is 2. The van der Waals surface area contributed by atoms with Crippen LogP contribution in [0.15, 0.2) is 29.2 Å². The molecule has 1 atom stereocenters. The maximum absolute atomic E-state index is 13.8. The van der Waals surface area contributed by atoms with Crippen molar-refractivity contribution in [1.29, 1.82) is 0 Å². The van der Waals surface area contributed by atoms with Crippen molar-refractivity contribution in [2.24, 2.45) is 5.41 Å². The van der Waals surface area contributed by atoms with E-state index >= 15 is 0 Å². The summed E-state index contributed by atoms with van der Waals surface area (Å²) in [7, 11) is -3.61. The molecule has 112 valence electrons. The van der Waals surface area contributed by atoms with Gasteiger partial charge in [-0.05, 0) is 37.3 Å². The summed E-state index contributed by atoms with van der Waals surface area (Å²) >= 11 is 0. The van der Waals surface area contributed by atoms with Crippen LogP contribution in [0.1, 0.15) is 32.3 Å². The smallest absolute Gasteiger partial charge is 0.243 e. The maximum atomic E-state index is 13.8. The van der Waals surface area contributed by atoms with E-state index < -0.39 is 16.2 Å². The maximum Gasteiger partial charge on any atom is 0.243 e. The van der Waals surface area contributed by atoms with Gasteiger partial charge >= 0.3 is 0 Å². The molecule has 0 radical (unpaired) electrons. The molecule has 0 amide bonds. The fraction of sp³-hybridized carbons (Fsp3) is 0.600. The molecule has 5 heteroatoms. The Morgan fingerprint density at radius 1 is 1.25 bits per heavy atom. The van der Waals surface area contributed by atoms with E-state index in [0.29, 0.717) is 19.4 Å². The van der Waals surface area contributed by atoms with Crippen molar-refractivity contribution >= 4 is 10.0 Å². The molecule has 1 aliphatic heterocycles. The van der Waals surface area contributed by atoms with Gasteiger partial charge in [-0.2, -0.15) is 4.31 Å². The van der Waals surface area contributed by atoms with E-state index in [2.05, 4.69) is 0 Å². The third-order valence-corrected chi connectivity index (χ3v) is 5.63. The second-order valence-electron chi connectivity index (χ2n) is 6.41. The van der Waals surface area contributed by atoms with Crippen LogP contribution in [0.2, 0.25) is 0 Å². The molecule has 1 fully saturated rings. The summed E-state index contributed by atoms with van der Waals surface area (Å²) in [5.74, 6) is 0. The lowest BCUT2D eigenvalue weighted by Crippen LogP contribution is -2.39. The summed E-state index contributed by atoms with van der Waals surface area (Å²) in [4.78, 5) is 0.244. The molecule has 1 aromatic rings. The number of hydrogen-bond donors (Lipinski definition) is 0. The molecule has 1 unspecified atom stereocenters. The molecule has 1 aliphatic rings. The average molecular weight is 299 g/mol. The lowest BCUT2D eigenvalue weighted by molar-refractivity contribution is 0.262. The predicted octanol–water partition coefficient (Wildman–Crippen LogP) is 3.14. The zero-order chi connectivity index (χ0) is 15.0. The molecule has 0 N–H and O–H groups in total. The first kappa shape index (κ1) is 15.4. The molecular weight excluding hydrogens is 277 g/mol. The molecular formula is C15H22FNO2S. The van der Waals surface area contributed by atoms with Gasteiger partial charge in [-0.3, -0.25) is 0 Å². The van der Waals surface area contributed by atoms with Gasteiger partial charge in [-0.15, -0.1) is 0 Å². The third kappa shape index (κ3) is 3.38. The highest BCUT2D eigenvalue weighted by atomic mass is 32.2. The normalized spacial score (nSPS) is 24.3. The Morgan fingerprint density at radius 3 is 2.45 bits per heavy atom. The van der Waals surface area contributed by atoms with Crippen molar-refractivity contribution in [2.45, 2.75) is 44.7 Å². The molecule has 2 rings (SSSR count). The van der Waals surface area contributed by atoms with Crippen LogP contribution < -0.4 is 0 Å². The van der Waals surface area contributed by atoms with Crippen LogP contribution in [0.5, 0.6) is 0 Å². The summed E-state index contributed by atoms with van der Waals surface area (Å²) < 4.78 is 40.4. The van der Waals surface area contributed by atoms with Crippen LogP contribution in [-0.2, 0) is 10.0 Å². The number of sulfonamides is 1. The fourth-order valence-electron chi connectivity index (χ4n) is 2.52. The van der Waals surface area contributed by atoms with Crippen LogP contribution in [-0.4, -0.2) is 32.0 Å². The first-order valence-electron chi connectivity index (χ1n) is 6.92. The van der Waals surface area contributed by atoms with Crippen LogP contribution in [0.3, 0.4) is 0 Å². The topological polar surface area (TPSA) is 37.4 Å². The minimum absolute atomic E-state index is 0.0420. The SMILES string of the molecule is Cc1ccc(S(=O)(=O)N2CC(F)CCC(C)(C)C2)cc1. The van der Waals surface area contributed by atoms with Crippen LogP contribution >= 0.6 is 0 Å². The third-order valence-electron chi connectivity index (χ3n) is 3.80. The van der Waals surface area contributed by atoms with Gasteiger partial charge in [0.25, 0.3) is 0 Å². The van der Waals surface area contributed by atoms with Gasteiger partial charge in [-0.25, -0.2) is 12.8 Å². The number of rotatable bonds is 2. The summed E-state index contributed by atoms with van der Waals surface area (Å²) in [6.45, 7) is 6.21. The summed E-state index contributed by atoms with van der Waals surface area (Å²) in [6, 6.07) is 6.72. The quantitative estimate of drug-likeness (QED) is 0.841. The Hall–Kier alpha value is -0.940. The second-order valence-corrected chi connectivity index (χ2v) is 8.35. The van der Waals surface area contributed by atoms with Gasteiger partial charge in [-0.1, -0.05) is 31.5 Å². The van der Waals surface area contributed by atoms with Crippen molar-refractivity contribution in [1.82, 2.24) is 4.31 Å². The Kier molecular flexibility index (Phi) is 4.21. The molecule has 0 spiro atoms. The molecule has 0 aromatic heterocycles. The van der Waals surface area contributed by atoms with E-state index in [-0.39, 0.29) is 16.9 Å². The predicted molar refractivity (Wildman–Crippen MR) is 77.8 cm³/mol. The first-order chi connectivity index (χ1) is 9.21. The monoisotopic (exact) mass is 299 g/mol. The van der Waals surface area contributed by atoms with Gasteiger partial charge in [0.15, 0.2) is 0 Å². The first-order valence-corrected chi connectivity index (χ1v) is 8.36. The zero-order valence-electron chi connectivity index (χ0n) is 12.3. The molecule has 0 bridgehead atoms. The van der Waals surface area contributed by atoms with E-state index in [1.165, 1.54) is 4.31 Å². The van der Waals surface area contributed by atoms with Crippen molar-refractivity contribution < 1.29 is 12.8 Å². The number of halogens is 1. The lowest BCUT2D eigenvalue weighted by atomic mass is 9.88. The van der Waals surface area contributed by atoms with Crippen molar-refractivity contribution in [3.05, 3.63) is 29.8 Å². The van der Waals surface area contributed by atoms with Gasteiger partial charge in [0, 0.05) is 13.1 Å². The van der Waals surface area contributed by atoms with Gasteiger partial charge in [0.1, 0.15) is 6.17 Å². The van der Waals surface area contributed by atoms with E-state index in [9.17, 15) is 12.8 Å². The van der Waals surface area contributed by atoms with Crippen molar-refractivity contribution in [3.63, 3.8) is 0 Å². The number of nitrogens with zero attached hydrogens (tertiary/aromatic N) is 1.